The number of carbonyl (C=O) groups is 1. The average molecular weight is 242 g/mol. The molecule has 1 heterocycles. The number of rotatable bonds is 4. The predicted molar refractivity (Wildman–Crippen MR) is 65.2 cm³/mol. The lowest BCUT2D eigenvalue weighted by Gasteiger charge is -2.21. The highest BCUT2D eigenvalue weighted by Gasteiger charge is 2.25. The summed E-state index contributed by atoms with van der Waals surface area (Å²) in [6.07, 6.45) is 2.67. The van der Waals surface area contributed by atoms with Crippen molar-refractivity contribution in [1.82, 2.24) is 9.78 Å². The Balaban J connectivity index is 3.12. The fraction of sp³-hybridized carbons (Fsp3) is 0.636. The highest BCUT2D eigenvalue weighted by atomic mass is 32.2. The molecule has 90 valence electrons. The molecule has 1 rings (SSSR count). The summed E-state index contributed by atoms with van der Waals surface area (Å²) >= 11 is 1.55. The van der Waals surface area contributed by atoms with E-state index < -0.39 is 5.97 Å². The molecule has 0 unspecified atom stereocenters. The molecule has 0 saturated carbocycles. The molecule has 0 bridgehead atoms. The number of carboxylic acids is 1. The predicted octanol–water partition coefficient (Wildman–Crippen LogP) is 2.84. The maximum Gasteiger partial charge on any atom is 0.355 e. The lowest BCUT2D eigenvalue weighted by atomic mass is 10.1. The molecule has 0 aromatic carbocycles. The number of aromatic carboxylic acids is 1. The van der Waals surface area contributed by atoms with Gasteiger partial charge in [0.25, 0.3) is 0 Å². The Kier molecular flexibility index (Phi) is 4.02. The zero-order chi connectivity index (χ0) is 12.3. The molecule has 0 aliphatic carbocycles. The van der Waals surface area contributed by atoms with E-state index in [1.54, 1.807) is 22.6 Å². The van der Waals surface area contributed by atoms with Gasteiger partial charge in [0, 0.05) is 0 Å². The van der Waals surface area contributed by atoms with Gasteiger partial charge in [0.1, 0.15) is 0 Å². The van der Waals surface area contributed by atoms with Crippen LogP contribution in [-0.4, -0.2) is 26.6 Å². The number of hydrogen-bond donors (Lipinski definition) is 1. The first kappa shape index (κ1) is 13.1. The Bertz CT molecular complexity index is 380. The number of thioether (sulfide) groups is 1. The van der Waals surface area contributed by atoms with Gasteiger partial charge in [-0.1, -0.05) is 6.92 Å². The Hall–Kier alpha value is -0.970. The molecule has 0 aliphatic heterocycles. The SMILES string of the molecule is CCCSc1cnn(C(C)(C)C)c1C(=O)O. The molecule has 0 radical (unpaired) electrons. The summed E-state index contributed by atoms with van der Waals surface area (Å²) < 4.78 is 1.58. The largest absolute Gasteiger partial charge is 0.476 e. The molecule has 1 aromatic rings. The van der Waals surface area contributed by atoms with E-state index >= 15 is 0 Å². The Morgan fingerprint density at radius 2 is 2.19 bits per heavy atom. The van der Waals surface area contributed by atoms with Crippen LogP contribution in [0.1, 0.15) is 44.6 Å². The summed E-state index contributed by atoms with van der Waals surface area (Å²) in [6.45, 7) is 7.91. The van der Waals surface area contributed by atoms with Gasteiger partial charge in [-0.15, -0.1) is 11.8 Å². The third kappa shape index (κ3) is 2.78. The van der Waals surface area contributed by atoms with Gasteiger partial charge < -0.3 is 5.11 Å². The smallest absolute Gasteiger partial charge is 0.355 e. The lowest BCUT2D eigenvalue weighted by Crippen LogP contribution is -2.27. The molecule has 16 heavy (non-hydrogen) atoms. The monoisotopic (exact) mass is 242 g/mol. The molecule has 0 aliphatic rings. The zero-order valence-corrected chi connectivity index (χ0v) is 11.0. The normalized spacial score (nSPS) is 11.8. The van der Waals surface area contributed by atoms with Crippen LogP contribution in [0, 0.1) is 0 Å². The molecule has 0 amide bonds. The first-order chi connectivity index (χ1) is 7.38. The van der Waals surface area contributed by atoms with Crippen molar-refractivity contribution in [2.45, 2.75) is 44.6 Å². The number of aromatic nitrogens is 2. The van der Waals surface area contributed by atoms with Crippen LogP contribution in [0.15, 0.2) is 11.1 Å². The van der Waals surface area contributed by atoms with E-state index in [0.717, 1.165) is 17.1 Å². The molecular formula is C11H18N2O2S. The van der Waals surface area contributed by atoms with Crippen LogP contribution in [0.3, 0.4) is 0 Å². The fourth-order valence-corrected chi connectivity index (χ4v) is 2.21. The van der Waals surface area contributed by atoms with Gasteiger partial charge in [-0.2, -0.15) is 5.10 Å². The summed E-state index contributed by atoms with van der Waals surface area (Å²) in [5.74, 6) is 0.00173. The number of hydrogen-bond acceptors (Lipinski definition) is 3. The topological polar surface area (TPSA) is 55.1 Å². The molecular weight excluding hydrogens is 224 g/mol. The van der Waals surface area contributed by atoms with Gasteiger partial charge in [-0.25, -0.2) is 4.79 Å². The van der Waals surface area contributed by atoms with E-state index in [1.807, 2.05) is 20.8 Å². The summed E-state index contributed by atoms with van der Waals surface area (Å²) in [4.78, 5) is 12.0. The molecule has 1 aromatic heterocycles. The minimum absolute atomic E-state index is 0.297. The van der Waals surface area contributed by atoms with E-state index in [9.17, 15) is 9.90 Å². The second-order valence-electron chi connectivity index (χ2n) is 4.59. The van der Waals surface area contributed by atoms with Gasteiger partial charge in [0.2, 0.25) is 0 Å². The van der Waals surface area contributed by atoms with Crippen LogP contribution in [-0.2, 0) is 5.54 Å². The van der Waals surface area contributed by atoms with Crippen molar-refractivity contribution in [1.29, 1.82) is 0 Å². The van der Waals surface area contributed by atoms with E-state index in [-0.39, 0.29) is 5.54 Å². The zero-order valence-electron chi connectivity index (χ0n) is 10.1. The van der Waals surface area contributed by atoms with Crippen LogP contribution in [0.25, 0.3) is 0 Å². The minimum atomic E-state index is -0.911. The highest BCUT2D eigenvalue weighted by molar-refractivity contribution is 7.99. The van der Waals surface area contributed by atoms with Crippen molar-refractivity contribution in [3.05, 3.63) is 11.9 Å². The third-order valence-corrected chi connectivity index (χ3v) is 3.26. The molecule has 5 heteroatoms. The first-order valence-electron chi connectivity index (χ1n) is 5.32. The average Bonchev–Trinajstić information content (AvgIpc) is 2.57. The maximum absolute atomic E-state index is 11.2. The highest BCUT2D eigenvalue weighted by Crippen LogP contribution is 2.27. The van der Waals surface area contributed by atoms with Gasteiger partial charge in [0.05, 0.1) is 16.6 Å². The Morgan fingerprint density at radius 1 is 1.56 bits per heavy atom. The molecule has 1 N–H and O–H groups in total. The van der Waals surface area contributed by atoms with Crippen molar-refractivity contribution in [3.63, 3.8) is 0 Å². The molecule has 0 spiro atoms. The molecule has 0 atom stereocenters. The summed E-state index contributed by atoms with van der Waals surface area (Å²) in [5, 5.41) is 13.4. The van der Waals surface area contributed by atoms with Crippen molar-refractivity contribution < 1.29 is 9.90 Å². The van der Waals surface area contributed by atoms with Crippen molar-refractivity contribution >= 4 is 17.7 Å². The first-order valence-corrected chi connectivity index (χ1v) is 6.31. The van der Waals surface area contributed by atoms with Crippen LogP contribution in [0.4, 0.5) is 0 Å². The van der Waals surface area contributed by atoms with Crippen molar-refractivity contribution in [3.8, 4) is 0 Å². The second-order valence-corrected chi connectivity index (χ2v) is 5.73. The van der Waals surface area contributed by atoms with Gasteiger partial charge in [0.15, 0.2) is 5.69 Å². The number of carboxylic acid groups (broad SMARTS) is 1. The summed E-state index contributed by atoms with van der Waals surface area (Å²) in [7, 11) is 0. The Morgan fingerprint density at radius 3 is 2.62 bits per heavy atom. The molecule has 0 saturated heterocycles. The van der Waals surface area contributed by atoms with Crippen LogP contribution in [0.2, 0.25) is 0 Å². The quantitative estimate of drug-likeness (QED) is 0.825. The molecule has 0 fully saturated rings. The van der Waals surface area contributed by atoms with Crippen molar-refractivity contribution in [2.75, 3.05) is 5.75 Å². The maximum atomic E-state index is 11.2. The van der Waals surface area contributed by atoms with Crippen molar-refractivity contribution in [2.24, 2.45) is 0 Å². The minimum Gasteiger partial charge on any atom is -0.476 e. The van der Waals surface area contributed by atoms with E-state index in [2.05, 4.69) is 12.0 Å². The fourth-order valence-electron chi connectivity index (χ4n) is 1.36. The van der Waals surface area contributed by atoms with Gasteiger partial charge >= 0.3 is 5.97 Å². The summed E-state index contributed by atoms with van der Waals surface area (Å²) in [6, 6.07) is 0. The van der Waals surface area contributed by atoms with E-state index in [0.29, 0.717) is 5.69 Å². The third-order valence-electron chi connectivity index (χ3n) is 2.04. The van der Waals surface area contributed by atoms with E-state index in [1.165, 1.54) is 0 Å². The van der Waals surface area contributed by atoms with Crippen LogP contribution in [0.5, 0.6) is 0 Å². The van der Waals surface area contributed by atoms with Gasteiger partial charge in [-0.3, -0.25) is 4.68 Å². The standard InChI is InChI=1S/C11H18N2O2S/c1-5-6-16-8-7-12-13(11(2,3)4)9(8)10(14)15/h7H,5-6H2,1-4H3,(H,14,15). The van der Waals surface area contributed by atoms with Gasteiger partial charge in [-0.05, 0) is 32.9 Å². The number of nitrogens with zero attached hydrogens (tertiary/aromatic N) is 2. The second kappa shape index (κ2) is 4.91. The van der Waals surface area contributed by atoms with Crippen LogP contribution < -0.4 is 0 Å². The molecule has 4 nitrogen and oxygen atoms in total. The summed E-state index contributed by atoms with van der Waals surface area (Å²) in [5.41, 5.74) is -0.00962. The Labute approximate surface area is 100 Å². The van der Waals surface area contributed by atoms with Crippen LogP contribution >= 0.6 is 11.8 Å². The van der Waals surface area contributed by atoms with E-state index in [4.69, 9.17) is 0 Å². The lowest BCUT2D eigenvalue weighted by molar-refractivity contribution is 0.0670.